The SMILES string of the molecule is COc1cc(F)cc(NCCCC(F)(F)F)c1. The van der Waals surface area contributed by atoms with Crippen molar-refractivity contribution in [2.45, 2.75) is 19.0 Å². The first kappa shape index (κ1) is 13.6. The Morgan fingerprint density at radius 3 is 2.53 bits per heavy atom. The van der Waals surface area contributed by atoms with Crippen LogP contribution in [0.5, 0.6) is 5.75 Å². The molecule has 0 aliphatic heterocycles. The molecule has 1 aromatic rings. The first-order valence-corrected chi connectivity index (χ1v) is 5.06. The van der Waals surface area contributed by atoms with E-state index in [0.29, 0.717) is 11.4 Å². The van der Waals surface area contributed by atoms with E-state index in [2.05, 4.69) is 5.32 Å². The van der Waals surface area contributed by atoms with E-state index in [-0.39, 0.29) is 13.0 Å². The van der Waals surface area contributed by atoms with Crippen molar-refractivity contribution in [2.75, 3.05) is 19.0 Å². The van der Waals surface area contributed by atoms with Crippen molar-refractivity contribution in [2.24, 2.45) is 0 Å². The predicted molar refractivity (Wildman–Crippen MR) is 56.7 cm³/mol. The number of anilines is 1. The first-order valence-electron chi connectivity index (χ1n) is 5.06. The summed E-state index contributed by atoms with van der Waals surface area (Å²) in [5, 5.41) is 2.71. The fraction of sp³-hybridized carbons (Fsp3) is 0.455. The van der Waals surface area contributed by atoms with Gasteiger partial charge in [0.25, 0.3) is 0 Å². The number of benzene rings is 1. The molecule has 0 saturated heterocycles. The molecule has 0 atom stereocenters. The maximum absolute atomic E-state index is 13.0. The lowest BCUT2D eigenvalue weighted by atomic mass is 10.2. The van der Waals surface area contributed by atoms with E-state index in [9.17, 15) is 17.6 Å². The Balaban J connectivity index is 2.44. The largest absolute Gasteiger partial charge is 0.497 e. The third kappa shape index (κ3) is 5.42. The zero-order chi connectivity index (χ0) is 12.9. The van der Waals surface area contributed by atoms with Crippen LogP contribution in [0.3, 0.4) is 0 Å². The Kier molecular flexibility index (Phi) is 4.60. The van der Waals surface area contributed by atoms with Gasteiger partial charge in [-0.2, -0.15) is 13.2 Å². The Morgan fingerprint density at radius 2 is 1.94 bits per heavy atom. The minimum atomic E-state index is -4.15. The van der Waals surface area contributed by atoms with Crippen LogP contribution in [-0.4, -0.2) is 19.8 Å². The number of hydrogen-bond acceptors (Lipinski definition) is 2. The molecule has 0 fully saturated rings. The highest BCUT2D eigenvalue weighted by molar-refractivity contribution is 5.48. The van der Waals surface area contributed by atoms with E-state index in [4.69, 9.17) is 4.74 Å². The van der Waals surface area contributed by atoms with Crippen LogP contribution >= 0.6 is 0 Å². The zero-order valence-electron chi connectivity index (χ0n) is 9.27. The molecule has 0 radical (unpaired) electrons. The average Bonchev–Trinajstić information content (AvgIpc) is 2.22. The van der Waals surface area contributed by atoms with Crippen molar-refractivity contribution >= 4 is 5.69 Å². The van der Waals surface area contributed by atoms with E-state index in [1.54, 1.807) is 0 Å². The number of alkyl halides is 3. The molecule has 0 saturated carbocycles. The molecule has 0 aliphatic carbocycles. The molecular weight excluding hydrogens is 238 g/mol. The second kappa shape index (κ2) is 5.75. The lowest BCUT2D eigenvalue weighted by Gasteiger charge is -2.09. The van der Waals surface area contributed by atoms with Crippen LogP contribution in [0.15, 0.2) is 18.2 Å². The molecule has 0 bridgehead atoms. The molecule has 1 aromatic carbocycles. The van der Waals surface area contributed by atoms with Crippen LogP contribution in [-0.2, 0) is 0 Å². The molecule has 0 spiro atoms. The summed E-state index contributed by atoms with van der Waals surface area (Å²) in [5.41, 5.74) is 0.407. The number of ether oxygens (including phenoxy) is 1. The van der Waals surface area contributed by atoms with Crippen LogP contribution in [0.2, 0.25) is 0 Å². The quantitative estimate of drug-likeness (QED) is 0.637. The van der Waals surface area contributed by atoms with E-state index in [0.717, 1.165) is 0 Å². The number of hydrogen-bond donors (Lipinski definition) is 1. The lowest BCUT2D eigenvalue weighted by Crippen LogP contribution is -2.11. The molecule has 0 unspecified atom stereocenters. The van der Waals surface area contributed by atoms with Crippen LogP contribution in [0.4, 0.5) is 23.2 Å². The smallest absolute Gasteiger partial charge is 0.389 e. The molecule has 0 heterocycles. The summed E-state index contributed by atoms with van der Waals surface area (Å²) in [6.45, 7) is 0.131. The van der Waals surface area contributed by atoms with Gasteiger partial charge in [0.1, 0.15) is 11.6 Å². The summed E-state index contributed by atoms with van der Waals surface area (Å²) in [7, 11) is 1.39. The van der Waals surface area contributed by atoms with E-state index >= 15 is 0 Å². The van der Waals surface area contributed by atoms with Gasteiger partial charge < -0.3 is 10.1 Å². The fourth-order valence-electron chi connectivity index (χ4n) is 1.30. The maximum atomic E-state index is 13.0. The molecule has 2 nitrogen and oxygen atoms in total. The summed E-state index contributed by atoms with van der Waals surface area (Å²) in [6.07, 6.45) is -5.06. The van der Waals surface area contributed by atoms with E-state index < -0.39 is 18.4 Å². The third-order valence-corrected chi connectivity index (χ3v) is 2.07. The van der Waals surface area contributed by atoms with Crippen LogP contribution in [0.25, 0.3) is 0 Å². The number of halogens is 4. The molecule has 0 aliphatic rings. The number of methoxy groups -OCH3 is 1. The molecule has 96 valence electrons. The summed E-state index contributed by atoms with van der Waals surface area (Å²) in [4.78, 5) is 0. The Morgan fingerprint density at radius 1 is 1.24 bits per heavy atom. The monoisotopic (exact) mass is 251 g/mol. The van der Waals surface area contributed by atoms with E-state index in [1.165, 1.54) is 25.3 Å². The van der Waals surface area contributed by atoms with Gasteiger partial charge in [0.2, 0.25) is 0 Å². The van der Waals surface area contributed by atoms with Crippen molar-refractivity contribution in [1.82, 2.24) is 0 Å². The molecule has 0 aromatic heterocycles. The predicted octanol–water partition coefficient (Wildman–Crippen LogP) is 3.59. The minimum absolute atomic E-state index is 0.0532. The van der Waals surface area contributed by atoms with Crippen molar-refractivity contribution in [1.29, 1.82) is 0 Å². The highest BCUT2D eigenvalue weighted by Gasteiger charge is 2.25. The first-order chi connectivity index (χ1) is 7.90. The van der Waals surface area contributed by atoms with E-state index in [1.807, 2.05) is 0 Å². The minimum Gasteiger partial charge on any atom is -0.497 e. The van der Waals surface area contributed by atoms with Gasteiger partial charge in [-0.1, -0.05) is 0 Å². The molecule has 17 heavy (non-hydrogen) atoms. The maximum Gasteiger partial charge on any atom is 0.389 e. The van der Waals surface area contributed by atoms with Crippen molar-refractivity contribution in [3.05, 3.63) is 24.0 Å². The second-order valence-corrected chi connectivity index (χ2v) is 3.53. The Bertz CT molecular complexity index is 365. The van der Waals surface area contributed by atoms with Gasteiger partial charge in [-0.25, -0.2) is 4.39 Å². The normalized spacial score (nSPS) is 11.4. The fourth-order valence-corrected chi connectivity index (χ4v) is 1.30. The van der Waals surface area contributed by atoms with Crippen molar-refractivity contribution < 1.29 is 22.3 Å². The molecule has 0 amide bonds. The topological polar surface area (TPSA) is 21.3 Å². The van der Waals surface area contributed by atoms with Crippen molar-refractivity contribution in [3.8, 4) is 5.75 Å². The standard InChI is InChI=1S/C11H13F4NO/c1-17-10-6-8(12)5-9(7-10)16-4-2-3-11(13,14)15/h5-7,16H,2-4H2,1H3. The molecule has 1 rings (SSSR count). The Hall–Kier alpha value is -1.46. The Labute approximate surface area is 96.6 Å². The van der Waals surface area contributed by atoms with Gasteiger partial charge in [0, 0.05) is 30.8 Å². The van der Waals surface area contributed by atoms with Crippen LogP contribution in [0.1, 0.15) is 12.8 Å². The van der Waals surface area contributed by atoms with Crippen molar-refractivity contribution in [3.63, 3.8) is 0 Å². The second-order valence-electron chi connectivity index (χ2n) is 3.53. The third-order valence-electron chi connectivity index (χ3n) is 2.07. The van der Waals surface area contributed by atoms with Gasteiger partial charge in [-0.15, -0.1) is 0 Å². The van der Waals surface area contributed by atoms with Gasteiger partial charge in [0.05, 0.1) is 7.11 Å². The molecular formula is C11H13F4NO. The number of rotatable bonds is 5. The number of nitrogens with one attached hydrogen (secondary N) is 1. The van der Waals surface area contributed by atoms with Gasteiger partial charge in [-0.05, 0) is 12.5 Å². The highest BCUT2D eigenvalue weighted by Crippen LogP contribution is 2.22. The lowest BCUT2D eigenvalue weighted by molar-refractivity contribution is -0.134. The molecule has 1 N–H and O–H groups in total. The zero-order valence-corrected chi connectivity index (χ0v) is 9.27. The summed E-state index contributed by atoms with van der Waals surface area (Å²) in [6, 6.07) is 3.92. The van der Waals surface area contributed by atoms with Gasteiger partial charge in [0.15, 0.2) is 0 Å². The van der Waals surface area contributed by atoms with Gasteiger partial charge >= 0.3 is 6.18 Å². The highest BCUT2D eigenvalue weighted by atomic mass is 19.4. The summed E-state index contributed by atoms with van der Waals surface area (Å²) in [5.74, 6) is -0.175. The summed E-state index contributed by atoms with van der Waals surface area (Å²) < 4.78 is 53.4. The average molecular weight is 251 g/mol. The van der Waals surface area contributed by atoms with Gasteiger partial charge in [-0.3, -0.25) is 0 Å². The summed E-state index contributed by atoms with van der Waals surface area (Å²) >= 11 is 0. The van der Waals surface area contributed by atoms with Crippen LogP contribution in [0, 0.1) is 5.82 Å². The van der Waals surface area contributed by atoms with Crippen LogP contribution < -0.4 is 10.1 Å². The molecule has 6 heteroatoms.